The Morgan fingerprint density at radius 3 is 2.50 bits per heavy atom. The van der Waals surface area contributed by atoms with Crippen LogP contribution in [0.15, 0.2) is 42.5 Å². The molecule has 3 aromatic rings. The zero-order valence-electron chi connectivity index (χ0n) is 16.0. The molecule has 0 aliphatic carbocycles. The normalized spacial score (nSPS) is 15.0. The number of benzene rings is 2. The zero-order chi connectivity index (χ0) is 19.7. The predicted molar refractivity (Wildman–Crippen MR) is 111 cm³/mol. The number of carbonyl (C=O) groups excluding carboxylic acids is 1. The number of amides is 1. The van der Waals surface area contributed by atoms with Gasteiger partial charge in [-0.3, -0.25) is 4.79 Å². The lowest BCUT2D eigenvalue weighted by Crippen LogP contribution is -2.38. The van der Waals surface area contributed by atoms with Gasteiger partial charge in [0.15, 0.2) is 11.5 Å². The Morgan fingerprint density at radius 2 is 1.79 bits per heavy atom. The van der Waals surface area contributed by atoms with Crippen LogP contribution in [0.3, 0.4) is 0 Å². The van der Waals surface area contributed by atoms with Gasteiger partial charge < -0.3 is 19.4 Å². The number of nitrogens with zero attached hydrogens (tertiary/aromatic N) is 1. The molecule has 0 atom stereocenters. The summed E-state index contributed by atoms with van der Waals surface area (Å²) in [6, 6.07) is 13.4. The van der Waals surface area contributed by atoms with E-state index in [-0.39, 0.29) is 5.91 Å². The number of hydrogen-bond acceptors (Lipinski definition) is 3. The Kier molecular flexibility index (Phi) is 5.18. The van der Waals surface area contributed by atoms with Gasteiger partial charge in [-0.25, -0.2) is 0 Å². The molecular formula is C22H23ClN2O3. The summed E-state index contributed by atoms with van der Waals surface area (Å²) in [6.07, 6.45) is 1.86. The molecule has 0 saturated carbocycles. The van der Waals surface area contributed by atoms with Crippen molar-refractivity contribution in [2.45, 2.75) is 18.8 Å². The number of methoxy groups -OCH3 is 2. The number of likely N-dealkylation sites (tertiary alicyclic amines) is 1. The summed E-state index contributed by atoms with van der Waals surface area (Å²) in [5.74, 6) is 1.64. The standard InChI is InChI=1S/C22H23ClN2O3/c1-27-20-6-3-15(13-21(20)28-2)22(26)25-9-7-14(8-10-25)19-12-16-11-17(23)4-5-18(16)24-19/h3-6,11-14,24H,7-10H2,1-2H3. The minimum atomic E-state index is 0.0304. The number of nitrogens with one attached hydrogen (secondary N) is 1. The van der Waals surface area contributed by atoms with E-state index in [0.29, 0.717) is 23.0 Å². The van der Waals surface area contributed by atoms with Crippen molar-refractivity contribution < 1.29 is 14.3 Å². The number of rotatable bonds is 4. The fourth-order valence-corrected chi connectivity index (χ4v) is 4.07. The minimum Gasteiger partial charge on any atom is -0.493 e. The van der Waals surface area contributed by atoms with Crippen molar-refractivity contribution in [2.75, 3.05) is 27.3 Å². The number of ether oxygens (including phenoxy) is 2. The van der Waals surface area contributed by atoms with Gasteiger partial charge in [0.05, 0.1) is 14.2 Å². The summed E-state index contributed by atoms with van der Waals surface area (Å²) >= 11 is 6.09. The van der Waals surface area contributed by atoms with E-state index in [2.05, 4.69) is 11.1 Å². The lowest BCUT2D eigenvalue weighted by molar-refractivity contribution is 0.0712. The van der Waals surface area contributed by atoms with E-state index in [9.17, 15) is 4.79 Å². The molecule has 1 aromatic heterocycles. The van der Waals surface area contributed by atoms with Gasteiger partial charge in [0.2, 0.25) is 0 Å². The van der Waals surface area contributed by atoms with E-state index in [4.69, 9.17) is 21.1 Å². The van der Waals surface area contributed by atoms with Gasteiger partial charge in [0, 0.05) is 46.2 Å². The monoisotopic (exact) mass is 398 g/mol. The Hall–Kier alpha value is -2.66. The highest BCUT2D eigenvalue weighted by molar-refractivity contribution is 6.31. The van der Waals surface area contributed by atoms with Gasteiger partial charge in [-0.1, -0.05) is 11.6 Å². The Morgan fingerprint density at radius 1 is 1.04 bits per heavy atom. The predicted octanol–water partition coefficient (Wildman–Crippen LogP) is 4.86. The smallest absolute Gasteiger partial charge is 0.253 e. The van der Waals surface area contributed by atoms with Gasteiger partial charge >= 0.3 is 0 Å². The van der Waals surface area contributed by atoms with Crippen LogP contribution in [0.4, 0.5) is 0 Å². The highest BCUT2D eigenvalue weighted by Crippen LogP contribution is 2.32. The first-order chi connectivity index (χ1) is 13.6. The third kappa shape index (κ3) is 3.54. The van der Waals surface area contributed by atoms with Crippen molar-refractivity contribution in [3.05, 3.63) is 58.7 Å². The molecule has 0 unspecified atom stereocenters. The third-order valence-electron chi connectivity index (χ3n) is 5.46. The molecule has 0 spiro atoms. The number of halogens is 1. The second kappa shape index (κ2) is 7.76. The lowest BCUT2D eigenvalue weighted by atomic mass is 9.93. The summed E-state index contributed by atoms with van der Waals surface area (Å²) in [5.41, 5.74) is 2.94. The minimum absolute atomic E-state index is 0.0304. The molecule has 0 radical (unpaired) electrons. The average Bonchev–Trinajstić information content (AvgIpc) is 3.16. The summed E-state index contributed by atoms with van der Waals surface area (Å²) < 4.78 is 10.6. The van der Waals surface area contributed by atoms with Crippen LogP contribution in [-0.2, 0) is 0 Å². The number of aromatic nitrogens is 1. The average molecular weight is 399 g/mol. The molecule has 1 aliphatic rings. The Balaban J connectivity index is 1.45. The molecule has 1 N–H and O–H groups in total. The highest BCUT2D eigenvalue weighted by atomic mass is 35.5. The molecule has 28 heavy (non-hydrogen) atoms. The second-order valence-electron chi connectivity index (χ2n) is 7.09. The molecule has 1 amide bonds. The van der Waals surface area contributed by atoms with Crippen LogP contribution in [0.5, 0.6) is 11.5 Å². The van der Waals surface area contributed by atoms with E-state index in [1.807, 2.05) is 23.1 Å². The number of hydrogen-bond donors (Lipinski definition) is 1. The maximum atomic E-state index is 12.9. The zero-order valence-corrected chi connectivity index (χ0v) is 16.8. The fourth-order valence-electron chi connectivity index (χ4n) is 3.89. The lowest BCUT2D eigenvalue weighted by Gasteiger charge is -2.31. The van der Waals surface area contributed by atoms with Crippen molar-refractivity contribution in [1.82, 2.24) is 9.88 Å². The molecule has 0 bridgehead atoms. The molecule has 5 nitrogen and oxygen atoms in total. The van der Waals surface area contributed by atoms with Crippen LogP contribution in [0.1, 0.15) is 34.8 Å². The largest absolute Gasteiger partial charge is 0.493 e. The molecule has 1 aliphatic heterocycles. The molecule has 2 aromatic carbocycles. The Labute approximate surface area is 169 Å². The molecule has 2 heterocycles. The number of aromatic amines is 1. The number of piperidine rings is 1. The summed E-state index contributed by atoms with van der Waals surface area (Å²) in [5, 5.41) is 1.87. The number of H-pyrrole nitrogens is 1. The van der Waals surface area contributed by atoms with Crippen molar-refractivity contribution in [3.63, 3.8) is 0 Å². The van der Waals surface area contributed by atoms with Gasteiger partial charge in [-0.2, -0.15) is 0 Å². The molecular weight excluding hydrogens is 376 g/mol. The first kappa shape index (κ1) is 18.7. The van der Waals surface area contributed by atoms with Gasteiger partial charge in [-0.05, 0) is 55.3 Å². The van der Waals surface area contributed by atoms with E-state index in [1.165, 1.54) is 5.69 Å². The van der Waals surface area contributed by atoms with E-state index >= 15 is 0 Å². The van der Waals surface area contributed by atoms with Crippen molar-refractivity contribution in [1.29, 1.82) is 0 Å². The first-order valence-electron chi connectivity index (χ1n) is 9.38. The highest BCUT2D eigenvalue weighted by Gasteiger charge is 2.26. The van der Waals surface area contributed by atoms with Crippen LogP contribution >= 0.6 is 11.6 Å². The Bertz CT molecular complexity index is 1010. The molecule has 6 heteroatoms. The van der Waals surface area contributed by atoms with Gasteiger partial charge in [0.1, 0.15) is 0 Å². The first-order valence-corrected chi connectivity index (χ1v) is 9.76. The second-order valence-corrected chi connectivity index (χ2v) is 7.53. The summed E-state index contributed by atoms with van der Waals surface area (Å²) in [7, 11) is 3.16. The SMILES string of the molecule is COc1ccc(C(=O)N2CCC(c3cc4cc(Cl)ccc4[nH]3)CC2)cc1OC. The van der Waals surface area contributed by atoms with Crippen molar-refractivity contribution in [2.24, 2.45) is 0 Å². The maximum Gasteiger partial charge on any atom is 0.253 e. The quantitative estimate of drug-likeness (QED) is 0.682. The number of carbonyl (C=O) groups is 1. The van der Waals surface area contributed by atoms with Gasteiger partial charge in [-0.15, -0.1) is 0 Å². The third-order valence-corrected chi connectivity index (χ3v) is 5.69. The molecule has 146 valence electrons. The van der Waals surface area contributed by atoms with Gasteiger partial charge in [0.25, 0.3) is 5.91 Å². The van der Waals surface area contributed by atoms with Crippen LogP contribution in [-0.4, -0.2) is 43.1 Å². The van der Waals surface area contributed by atoms with Crippen LogP contribution in [0.25, 0.3) is 10.9 Å². The summed E-state index contributed by atoms with van der Waals surface area (Å²) in [4.78, 5) is 18.3. The van der Waals surface area contributed by atoms with E-state index in [0.717, 1.165) is 41.9 Å². The van der Waals surface area contributed by atoms with Crippen LogP contribution in [0.2, 0.25) is 5.02 Å². The summed E-state index contributed by atoms with van der Waals surface area (Å²) in [6.45, 7) is 1.46. The van der Waals surface area contributed by atoms with Crippen LogP contribution < -0.4 is 9.47 Å². The molecule has 1 fully saturated rings. The van der Waals surface area contributed by atoms with Crippen molar-refractivity contribution >= 4 is 28.4 Å². The van der Waals surface area contributed by atoms with Crippen LogP contribution in [0, 0.1) is 0 Å². The van der Waals surface area contributed by atoms with Crippen molar-refractivity contribution in [3.8, 4) is 11.5 Å². The van der Waals surface area contributed by atoms with E-state index < -0.39 is 0 Å². The van der Waals surface area contributed by atoms with E-state index in [1.54, 1.807) is 32.4 Å². The molecule has 4 rings (SSSR count). The molecule has 1 saturated heterocycles. The number of fused-ring (bicyclic) bond motifs is 1. The fraction of sp³-hybridized carbons (Fsp3) is 0.318. The maximum absolute atomic E-state index is 12.9. The topological polar surface area (TPSA) is 54.6 Å².